The molecule has 1 atom stereocenters. The van der Waals surface area contributed by atoms with Gasteiger partial charge >= 0.3 is 0 Å². The Bertz CT molecular complexity index is 1450. The van der Waals surface area contributed by atoms with E-state index in [0.717, 1.165) is 27.4 Å². The number of benzene rings is 3. The van der Waals surface area contributed by atoms with Crippen molar-refractivity contribution < 1.29 is 18.0 Å². The molecule has 3 aromatic carbocycles. The number of nitrogens with zero attached hydrogens (tertiary/aromatic N) is 2. The van der Waals surface area contributed by atoms with E-state index in [9.17, 15) is 18.0 Å². The number of carbonyl (C=O) groups is 2. The topological polar surface area (TPSA) is 86.8 Å². The van der Waals surface area contributed by atoms with Crippen molar-refractivity contribution in [3.05, 3.63) is 93.5 Å². The van der Waals surface area contributed by atoms with Gasteiger partial charge in [-0.15, -0.1) is 0 Å². The summed E-state index contributed by atoms with van der Waals surface area (Å²) in [5, 5.41) is 3.28. The van der Waals surface area contributed by atoms with Gasteiger partial charge in [0.05, 0.1) is 20.6 Å². The van der Waals surface area contributed by atoms with Crippen LogP contribution in [0.2, 0.25) is 10.0 Å². The summed E-state index contributed by atoms with van der Waals surface area (Å²) in [5.41, 5.74) is 2.91. The molecule has 0 bridgehead atoms. The molecule has 7 nitrogen and oxygen atoms in total. The molecule has 1 N–H and O–H groups in total. The van der Waals surface area contributed by atoms with E-state index in [1.54, 1.807) is 12.1 Å². The van der Waals surface area contributed by atoms with E-state index in [1.165, 1.54) is 35.2 Å². The summed E-state index contributed by atoms with van der Waals surface area (Å²) in [6.07, 6.45) is 1.10. The molecule has 0 aliphatic rings. The van der Waals surface area contributed by atoms with Crippen LogP contribution in [0.4, 0.5) is 5.69 Å². The molecule has 0 aliphatic heterocycles. The normalized spacial score (nSPS) is 12.1. The fourth-order valence-electron chi connectivity index (χ4n) is 4.30. The number of rotatable bonds is 12. The minimum Gasteiger partial charge on any atom is -0.354 e. The maximum absolute atomic E-state index is 14.1. The molecule has 2 amide bonds. The van der Waals surface area contributed by atoms with Gasteiger partial charge in [0.15, 0.2) is 0 Å². The smallest absolute Gasteiger partial charge is 0.264 e. The number of sulfonamides is 1. The molecule has 0 saturated carbocycles. The van der Waals surface area contributed by atoms with Crippen LogP contribution < -0.4 is 9.62 Å². The van der Waals surface area contributed by atoms with Crippen molar-refractivity contribution in [3.63, 3.8) is 0 Å². The third kappa shape index (κ3) is 7.77. The number of hydrogen-bond acceptors (Lipinski definition) is 4. The van der Waals surface area contributed by atoms with E-state index < -0.39 is 28.5 Å². The Labute approximate surface area is 247 Å². The van der Waals surface area contributed by atoms with Gasteiger partial charge < -0.3 is 10.2 Å². The van der Waals surface area contributed by atoms with Gasteiger partial charge in [0.1, 0.15) is 12.6 Å². The second kappa shape index (κ2) is 14.0. The van der Waals surface area contributed by atoms with Crippen molar-refractivity contribution in [1.82, 2.24) is 10.2 Å². The van der Waals surface area contributed by atoms with E-state index in [0.29, 0.717) is 13.0 Å². The van der Waals surface area contributed by atoms with Crippen LogP contribution in [0.3, 0.4) is 0 Å². The molecule has 3 aromatic rings. The second-order valence-corrected chi connectivity index (χ2v) is 12.3. The van der Waals surface area contributed by atoms with Gasteiger partial charge in [-0.05, 0) is 62.6 Å². The maximum atomic E-state index is 14.1. The lowest BCUT2D eigenvalue weighted by atomic mass is 10.1. The fourth-order valence-corrected chi connectivity index (χ4v) is 6.00. The van der Waals surface area contributed by atoms with Crippen molar-refractivity contribution in [2.75, 3.05) is 17.4 Å². The van der Waals surface area contributed by atoms with Crippen LogP contribution in [-0.2, 0) is 26.2 Å². The van der Waals surface area contributed by atoms with Gasteiger partial charge in [0.2, 0.25) is 11.8 Å². The quantitative estimate of drug-likeness (QED) is 0.269. The summed E-state index contributed by atoms with van der Waals surface area (Å²) in [6.45, 7) is 7.64. The first-order chi connectivity index (χ1) is 19.0. The predicted molar refractivity (Wildman–Crippen MR) is 161 cm³/mol. The Morgan fingerprint density at radius 2 is 1.60 bits per heavy atom. The zero-order valence-corrected chi connectivity index (χ0v) is 25.5. The SMILES string of the molecule is CCCNC(=O)[C@H](CC)N(Cc1cccc(C)c1)C(=O)CN(c1ccc(Cl)c(Cl)c1)S(=O)(=O)c1ccc(C)cc1. The highest BCUT2D eigenvalue weighted by atomic mass is 35.5. The zero-order chi connectivity index (χ0) is 29.4. The highest BCUT2D eigenvalue weighted by Gasteiger charge is 2.33. The lowest BCUT2D eigenvalue weighted by molar-refractivity contribution is -0.140. The number of carbonyl (C=O) groups excluding carboxylic acids is 2. The molecule has 214 valence electrons. The molecule has 0 aromatic heterocycles. The van der Waals surface area contributed by atoms with Crippen molar-refractivity contribution in [3.8, 4) is 0 Å². The fraction of sp³-hybridized carbons (Fsp3) is 0.333. The highest BCUT2D eigenvalue weighted by molar-refractivity contribution is 7.92. The van der Waals surface area contributed by atoms with Gasteiger partial charge in [0.25, 0.3) is 10.0 Å². The van der Waals surface area contributed by atoms with Crippen LogP contribution in [0.5, 0.6) is 0 Å². The van der Waals surface area contributed by atoms with E-state index in [-0.39, 0.29) is 33.1 Å². The Kier molecular flexibility index (Phi) is 11.0. The molecular formula is C30H35Cl2N3O4S. The first-order valence-corrected chi connectivity index (χ1v) is 15.3. The molecule has 10 heteroatoms. The molecule has 0 saturated heterocycles. The average molecular weight is 605 g/mol. The largest absolute Gasteiger partial charge is 0.354 e. The Morgan fingerprint density at radius 1 is 0.900 bits per heavy atom. The highest BCUT2D eigenvalue weighted by Crippen LogP contribution is 2.31. The summed E-state index contributed by atoms with van der Waals surface area (Å²) in [5.74, 6) is -0.811. The van der Waals surface area contributed by atoms with E-state index in [2.05, 4.69) is 5.32 Å². The van der Waals surface area contributed by atoms with Crippen LogP contribution in [0, 0.1) is 13.8 Å². The molecule has 0 spiro atoms. The molecule has 40 heavy (non-hydrogen) atoms. The zero-order valence-electron chi connectivity index (χ0n) is 23.2. The lowest BCUT2D eigenvalue weighted by Gasteiger charge is -2.33. The van der Waals surface area contributed by atoms with Crippen LogP contribution in [0.25, 0.3) is 0 Å². The Hall–Kier alpha value is -3.07. The lowest BCUT2D eigenvalue weighted by Crippen LogP contribution is -2.52. The summed E-state index contributed by atoms with van der Waals surface area (Å²) in [4.78, 5) is 28.7. The molecule has 0 radical (unpaired) electrons. The van der Waals surface area contributed by atoms with Crippen molar-refractivity contribution >= 4 is 50.7 Å². The number of aryl methyl sites for hydroxylation is 2. The molecule has 3 rings (SSSR count). The minimum atomic E-state index is -4.19. The minimum absolute atomic E-state index is 0.0231. The molecule has 0 heterocycles. The maximum Gasteiger partial charge on any atom is 0.264 e. The van der Waals surface area contributed by atoms with Gasteiger partial charge in [0, 0.05) is 13.1 Å². The molecular weight excluding hydrogens is 569 g/mol. The average Bonchev–Trinajstić information content (AvgIpc) is 2.92. The van der Waals surface area contributed by atoms with Crippen LogP contribution >= 0.6 is 23.2 Å². The molecule has 0 aliphatic carbocycles. The summed E-state index contributed by atoms with van der Waals surface area (Å²) in [7, 11) is -4.19. The van der Waals surface area contributed by atoms with Crippen LogP contribution in [-0.4, -0.2) is 44.3 Å². The number of hydrogen-bond donors (Lipinski definition) is 1. The molecule has 0 fully saturated rings. The summed E-state index contributed by atoms with van der Waals surface area (Å²) in [6, 6.07) is 17.6. The summed E-state index contributed by atoms with van der Waals surface area (Å²) >= 11 is 12.4. The number of anilines is 1. The number of nitrogens with one attached hydrogen (secondary N) is 1. The Morgan fingerprint density at radius 3 is 2.20 bits per heavy atom. The van der Waals surface area contributed by atoms with E-state index in [1.807, 2.05) is 52.0 Å². The standard InChI is InChI=1S/C30H35Cl2N3O4S/c1-5-16-33-30(37)28(6-2)34(19-23-9-7-8-22(4)17-23)29(36)20-35(24-12-15-26(31)27(32)18-24)40(38,39)25-13-10-21(3)11-14-25/h7-15,17-18,28H,5-6,16,19-20H2,1-4H3,(H,33,37)/t28-/m0/s1. The first kappa shape index (κ1) is 31.5. The van der Waals surface area contributed by atoms with Crippen molar-refractivity contribution in [2.24, 2.45) is 0 Å². The molecule has 0 unspecified atom stereocenters. The first-order valence-electron chi connectivity index (χ1n) is 13.1. The van der Waals surface area contributed by atoms with Gasteiger partial charge in [-0.3, -0.25) is 13.9 Å². The van der Waals surface area contributed by atoms with E-state index in [4.69, 9.17) is 23.2 Å². The third-order valence-electron chi connectivity index (χ3n) is 6.45. The van der Waals surface area contributed by atoms with Gasteiger partial charge in [-0.25, -0.2) is 8.42 Å². The summed E-state index contributed by atoms with van der Waals surface area (Å²) < 4.78 is 28.8. The van der Waals surface area contributed by atoms with E-state index >= 15 is 0 Å². The van der Waals surface area contributed by atoms with Gasteiger partial charge in [-0.1, -0.05) is 84.6 Å². The third-order valence-corrected chi connectivity index (χ3v) is 8.98. The van der Waals surface area contributed by atoms with Crippen LogP contribution in [0.15, 0.2) is 71.6 Å². The predicted octanol–water partition coefficient (Wildman–Crippen LogP) is 6.14. The number of halogens is 2. The van der Waals surface area contributed by atoms with Crippen molar-refractivity contribution in [2.45, 2.75) is 58.0 Å². The monoisotopic (exact) mass is 603 g/mol. The number of amides is 2. The van der Waals surface area contributed by atoms with Gasteiger partial charge in [-0.2, -0.15) is 0 Å². The van der Waals surface area contributed by atoms with Crippen LogP contribution in [0.1, 0.15) is 43.4 Å². The Balaban J connectivity index is 2.08. The van der Waals surface area contributed by atoms with Crippen molar-refractivity contribution in [1.29, 1.82) is 0 Å². The second-order valence-electron chi connectivity index (χ2n) is 9.65.